The molecule has 8 nitrogen and oxygen atoms in total. The third-order valence-corrected chi connectivity index (χ3v) is 6.07. The average molecular weight is 431 g/mol. The van der Waals surface area contributed by atoms with Gasteiger partial charge < -0.3 is 25.0 Å². The van der Waals surface area contributed by atoms with Crippen molar-refractivity contribution < 1.29 is 19.1 Å². The van der Waals surface area contributed by atoms with Crippen LogP contribution in [0.15, 0.2) is 35.0 Å². The first-order valence-electron chi connectivity index (χ1n) is 10.0. The number of anilines is 1. The molecule has 0 aliphatic carbocycles. The van der Waals surface area contributed by atoms with Crippen LogP contribution in [0.2, 0.25) is 0 Å². The van der Waals surface area contributed by atoms with Gasteiger partial charge in [0.25, 0.3) is 0 Å². The molecule has 0 spiro atoms. The zero-order valence-corrected chi connectivity index (χ0v) is 17.7. The maximum Gasteiger partial charge on any atom is 0.313 e. The highest BCUT2D eigenvalue weighted by Crippen LogP contribution is 2.32. The number of hydrogen-bond acceptors (Lipinski definition) is 7. The molecule has 1 atom stereocenters. The molecule has 2 amide bonds. The van der Waals surface area contributed by atoms with Crippen molar-refractivity contribution >= 4 is 28.8 Å². The van der Waals surface area contributed by atoms with Crippen LogP contribution in [0, 0.1) is 0 Å². The lowest BCUT2D eigenvalue weighted by Crippen LogP contribution is -2.49. The lowest BCUT2D eigenvalue weighted by Gasteiger charge is -2.37. The second-order valence-corrected chi connectivity index (χ2v) is 8.21. The highest BCUT2D eigenvalue weighted by molar-refractivity contribution is 7.08. The van der Waals surface area contributed by atoms with Crippen LogP contribution in [0.1, 0.15) is 11.6 Å². The third kappa shape index (κ3) is 4.92. The predicted molar refractivity (Wildman–Crippen MR) is 115 cm³/mol. The third-order valence-electron chi connectivity index (χ3n) is 5.37. The van der Waals surface area contributed by atoms with Crippen molar-refractivity contribution in [2.75, 3.05) is 58.3 Å². The number of carbonyl (C=O) groups is 2. The van der Waals surface area contributed by atoms with E-state index in [0.29, 0.717) is 36.9 Å². The van der Waals surface area contributed by atoms with Gasteiger partial charge in [-0.15, -0.1) is 0 Å². The summed E-state index contributed by atoms with van der Waals surface area (Å²) in [6.45, 7) is 5.17. The highest BCUT2D eigenvalue weighted by atomic mass is 32.1. The number of carbonyl (C=O) groups excluding carboxylic acids is 2. The molecule has 9 heteroatoms. The van der Waals surface area contributed by atoms with E-state index in [1.807, 2.05) is 5.38 Å². The summed E-state index contributed by atoms with van der Waals surface area (Å²) >= 11 is 1.63. The van der Waals surface area contributed by atoms with Gasteiger partial charge in [0.15, 0.2) is 11.5 Å². The average Bonchev–Trinajstić information content (AvgIpc) is 3.29. The van der Waals surface area contributed by atoms with Gasteiger partial charge in [-0.05, 0) is 41.6 Å². The number of ether oxygens (including phenoxy) is 2. The monoisotopic (exact) mass is 430 g/mol. The Morgan fingerprint density at radius 2 is 1.83 bits per heavy atom. The minimum atomic E-state index is -0.700. The summed E-state index contributed by atoms with van der Waals surface area (Å²) in [7, 11) is 2.11. The van der Waals surface area contributed by atoms with Gasteiger partial charge in [-0.25, -0.2) is 0 Å². The van der Waals surface area contributed by atoms with Crippen molar-refractivity contribution in [1.82, 2.24) is 15.1 Å². The number of nitrogens with zero attached hydrogens (tertiary/aromatic N) is 2. The normalized spacial score (nSPS) is 17.9. The molecule has 0 saturated carbocycles. The predicted octanol–water partition coefficient (Wildman–Crippen LogP) is 1.56. The van der Waals surface area contributed by atoms with Gasteiger partial charge in [0, 0.05) is 44.5 Å². The Kier molecular flexibility index (Phi) is 6.51. The van der Waals surface area contributed by atoms with Crippen LogP contribution in [-0.2, 0) is 9.59 Å². The van der Waals surface area contributed by atoms with Crippen LogP contribution >= 0.6 is 11.3 Å². The van der Waals surface area contributed by atoms with E-state index in [2.05, 4.69) is 38.9 Å². The Morgan fingerprint density at radius 1 is 1.07 bits per heavy atom. The summed E-state index contributed by atoms with van der Waals surface area (Å²) in [4.78, 5) is 29.5. The summed E-state index contributed by atoms with van der Waals surface area (Å²) in [6, 6.07) is 7.21. The molecule has 0 unspecified atom stereocenters. The zero-order valence-electron chi connectivity index (χ0n) is 16.9. The number of thiophene rings is 1. The van der Waals surface area contributed by atoms with E-state index in [-0.39, 0.29) is 6.04 Å². The first kappa shape index (κ1) is 20.6. The van der Waals surface area contributed by atoms with Crippen molar-refractivity contribution in [3.8, 4) is 11.5 Å². The lowest BCUT2D eigenvalue weighted by molar-refractivity contribution is -0.136. The molecule has 0 radical (unpaired) electrons. The van der Waals surface area contributed by atoms with Crippen molar-refractivity contribution in [2.24, 2.45) is 0 Å². The van der Waals surface area contributed by atoms with Crippen LogP contribution < -0.4 is 20.1 Å². The Bertz CT molecular complexity index is 881. The number of nitrogens with one attached hydrogen (secondary N) is 2. The molecular formula is C21H26N4O4S. The zero-order chi connectivity index (χ0) is 20.9. The quantitative estimate of drug-likeness (QED) is 0.701. The number of fused-ring (bicyclic) bond motifs is 1. The van der Waals surface area contributed by atoms with Crippen molar-refractivity contribution in [3.05, 3.63) is 40.6 Å². The smallest absolute Gasteiger partial charge is 0.313 e. The largest absolute Gasteiger partial charge is 0.486 e. The second kappa shape index (κ2) is 9.46. The molecule has 2 aromatic rings. The van der Waals surface area contributed by atoms with Crippen LogP contribution in [-0.4, -0.2) is 74.6 Å². The van der Waals surface area contributed by atoms with E-state index in [9.17, 15) is 9.59 Å². The molecule has 2 N–H and O–H groups in total. The van der Waals surface area contributed by atoms with Crippen LogP contribution in [0.3, 0.4) is 0 Å². The van der Waals surface area contributed by atoms with Gasteiger partial charge in [-0.2, -0.15) is 11.3 Å². The van der Waals surface area contributed by atoms with Gasteiger partial charge >= 0.3 is 11.8 Å². The summed E-state index contributed by atoms with van der Waals surface area (Å²) < 4.78 is 11.0. The summed E-state index contributed by atoms with van der Waals surface area (Å²) in [5, 5.41) is 9.57. The summed E-state index contributed by atoms with van der Waals surface area (Å²) in [6.07, 6.45) is 0. The van der Waals surface area contributed by atoms with Gasteiger partial charge in [-0.3, -0.25) is 14.5 Å². The number of amides is 2. The van der Waals surface area contributed by atoms with E-state index >= 15 is 0 Å². The molecule has 160 valence electrons. The number of piperazine rings is 1. The molecule has 1 aromatic carbocycles. The molecule has 30 heavy (non-hydrogen) atoms. The van der Waals surface area contributed by atoms with E-state index in [1.54, 1.807) is 29.5 Å². The SMILES string of the molecule is CN1CCN([C@H](CNC(=O)C(=O)Nc2ccc3c(c2)OCCO3)c2ccsc2)CC1. The molecule has 2 aliphatic rings. The molecule has 4 rings (SSSR count). The van der Waals surface area contributed by atoms with Crippen molar-refractivity contribution in [3.63, 3.8) is 0 Å². The molecule has 1 aromatic heterocycles. The van der Waals surface area contributed by atoms with E-state index in [1.165, 1.54) is 0 Å². The van der Waals surface area contributed by atoms with Gasteiger partial charge in [-0.1, -0.05) is 0 Å². The van der Waals surface area contributed by atoms with Crippen molar-refractivity contribution in [2.45, 2.75) is 6.04 Å². The minimum absolute atomic E-state index is 0.0518. The molecule has 1 saturated heterocycles. The Morgan fingerprint density at radius 3 is 2.57 bits per heavy atom. The second-order valence-electron chi connectivity index (χ2n) is 7.43. The van der Waals surface area contributed by atoms with Gasteiger partial charge in [0.1, 0.15) is 13.2 Å². The van der Waals surface area contributed by atoms with E-state index < -0.39 is 11.8 Å². The maximum absolute atomic E-state index is 12.4. The maximum atomic E-state index is 12.4. The number of rotatable bonds is 5. The molecule has 0 bridgehead atoms. The number of likely N-dealkylation sites (N-methyl/N-ethyl adjacent to an activating group) is 1. The summed E-state index contributed by atoms with van der Waals surface area (Å²) in [5.41, 5.74) is 1.66. The molecular weight excluding hydrogens is 404 g/mol. The first-order chi connectivity index (χ1) is 14.6. The van der Waals surface area contributed by atoms with Gasteiger partial charge in [0.2, 0.25) is 0 Å². The van der Waals surface area contributed by atoms with E-state index in [4.69, 9.17) is 9.47 Å². The standard InChI is InChI=1S/C21H26N4O4S/c1-24-5-7-25(8-6-24)17(15-4-11-30-14-15)13-22-20(26)21(27)23-16-2-3-18-19(12-16)29-10-9-28-18/h2-4,11-12,14,17H,5-10,13H2,1H3,(H,22,26)(H,23,27)/t17-/m1/s1. The number of hydrogen-bond donors (Lipinski definition) is 2. The van der Waals surface area contributed by atoms with Crippen LogP contribution in [0.4, 0.5) is 5.69 Å². The van der Waals surface area contributed by atoms with E-state index in [0.717, 1.165) is 31.7 Å². The van der Waals surface area contributed by atoms with Crippen LogP contribution in [0.25, 0.3) is 0 Å². The Labute approximate surface area is 179 Å². The lowest BCUT2D eigenvalue weighted by atomic mass is 10.1. The molecule has 3 heterocycles. The number of benzene rings is 1. The summed E-state index contributed by atoms with van der Waals surface area (Å²) in [5.74, 6) is -0.158. The fraction of sp³-hybridized carbons (Fsp3) is 0.429. The highest BCUT2D eigenvalue weighted by Gasteiger charge is 2.26. The molecule has 2 aliphatic heterocycles. The Hall–Kier alpha value is -2.62. The fourth-order valence-corrected chi connectivity index (χ4v) is 4.34. The van der Waals surface area contributed by atoms with Crippen molar-refractivity contribution in [1.29, 1.82) is 0 Å². The molecule has 1 fully saturated rings. The first-order valence-corrected chi connectivity index (χ1v) is 11.0. The fourth-order valence-electron chi connectivity index (χ4n) is 3.63. The van der Waals surface area contributed by atoms with Gasteiger partial charge in [0.05, 0.1) is 6.04 Å². The topological polar surface area (TPSA) is 83.1 Å². The minimum Gasteiger partial charge on any atom is -0.486 e. The Balaban J connectivity index is 1.35. The van der Waals surface area contributed by atoms with Crippen LogP contribution in [0.5, 0.6) is 11.5 Å².